The minimum Gasteiger partial charge on any atom is -0.490 e. The van der Waals surface area contributed by atoms with Gasteiger partial charge in [-0.3, -0.25) is 4.79 Å². The highest BCUT2D eigenvalue weighted by molar-refractivity contribution is 9.10. The highest BCUT2D eigenvalue weighted by Gasteiger charge is 2.12. The van der Waals surface area contributed by atoms with Gasteiger partial charge in [0.15, 0.2) is 11.5 Å². The highest BCUT2D eigenvalue weighted by atomic mass is 79.9. The van der Waals surface area contributed by atoms with Gasteiger partial charge in [-0.1, -0.05) is 29.3 Å². The average Bonchev–Trinajstić information content (AvgIpc) is 2.64. The first-order valence-electron chi connectivity index (χ1n) is 8.16. The molecule has 28 heavy (non-hydrogen) atoms. The number of rotatable bonds is 8. The maximum absolute atomic E-state index is 11.3. The monoisotopic (exact) mass is 483 g/mol. The Balaban J connectivity index is 2.18. The number of hydrogen-bond donors (Lipinski definition) is 1. The number of hydrogen-bond acceptors (Lipinski definition) is 5. The molecule has 0 saturated heterocycles. The Bertz CT molecular complexity index is 929. The molecule has 146 valence electrons. The summed E-state index contributed by atoms with van der Waals surface area (Å²) >= 11 is 15.5. The second-order valence-electron chi connectivity index (χ2n) is 5.41. The van der Waals surface area contributed by atoms with Gasteiger partial charge in [-0.15, -0.1) is 0 Å². The quantitative estimate of drug-likeness (QED) is 0.417. The van der Waals surface area contributed by atoms with E-state index in [2.05, 4.69) is 26.5 Å². The van der Waals surface area contributed by atoms with Crippen LogP contribution in [0.5, 0.6) is 11.5 Å². The van der Waals surface area contributed by atoms with E-state index in [1.165, 1.54) is 6.21 Å². The summed E-state index contributed by atoms with van der Waals surface area (Å²) in [6, 6.07) is 10.4. The fourth-order valence-electron chi connectivity index (χ4n) is 2.11. The molecule has 0 heterocycles. The predicted molar refractivity (Wildman–Crippen MR) is 112 cm³/mol. The molecule has 2 aromatic carbocycles. The Kier molecular flexibility index (Phi) is 8.58. The van der Waals surface area contributed by atoms with Gasteiger partial charge >= 0.3 is 0 Å². The molecule has 0 saturated carbocycles. The van der Waals surface area contributed by atoms with Crippen molar-refractivity contribution >= 4 is 51.3 Å². The molecule has 1 amide bonds. The number of hydrazone groups is 1. The van der Waals surface area contributed by atoms with Crippen molar-refractivity contribution in [3.8, 4) is 17.6 Å². The largest absolute Gasteiger partial charge is 0.490 e. The Morgan fingerprint density at radius 2 is 2.04 bits per heavy atom. The lowest BCUT2D eigenvalue weighted by Crippen LogP contribution is -2.16. The van der Waals surface area contributed by atoms with Crippen LogP contribution < -0.4 is 14.9 Å². The smallest absolute Gasteiger partial charge is 0.254 e. The molecule has 2 aromatic rings. The van der Waals surface area contributed by atoms with Crippen molar-refractivity contribution in [3.05, 3.63) is 56.0 Å². The van der Waals surface area contributed by atoms with Crippen LogP contribution in [-0.4, -0.2) is 18.7 Å². The molecular weight excluding hydrogens is 469 g/mol. The van der Waals surface area contributed by atoms with Gasteiger partial charge < -0.3 is 9.47 Å². The van der Waals surface area contributed by atoms with Gasteiger partial charge in [0.2, 0.25) is 0 Å². The number of ether oxygens (including phenoxy) is 2. The molecule has 0 unspecified atom stereocenters. The molecule has 0 aliphatic carbocycles. The molecule has 9 heteroatoms. The maximum atomic E-state index is 11.3. The van der Waals surface area contributed by atoms with E-state index in [4.69, 9.17) is 37.9 Å². The van der Waals surface area contributed by atoms with Crippen molar-refractivity contribution < 1.29 is 14.3 Å². The van der Waals surface area contributed by atoms with Gasteiger partial charge in [0.1, 0.15) is 13.0 Å². The molecule has 0 atom stereocenters. The van der Waals surface area contributed by atoms with E-state index in [9.17, 15) is 4.79 Å². The van der Waals surface area contributed by atoms with Crippen molar-refractivity contribution in [2.24, 2.45) is 5.10 Å². The van der Waals surface area contributed by atoms with Gasteiger partial charge in [0.05, 0.1) is 18.9 Å². The zero-order chi connectivity index (χ0) is 20.5. The fraction of sp³-hybridized carbons (Fsp3) is 0.211. The summed E-state index contributed by atoms with van der Waals surface area (Å²) in [6.07, 6.45) is 1.18. The summed E-state index contributed by atoms with van der Waals surface area (Å²) in [6.45, 7) is 2.53. The SMILES string of the molecule is CCOc1cc(/C=N\NC(=O)CC#N)c(Br)cc1OCc1ccc(Cl)cc1Cl. The van der Waals surface area contributed by atoms with Crippen LogP contribution >= 0.6 is 39.1 Å². The number of carbonyl (C=O) groups excluding carboxylic acids is 1. The lowest BCUT2D eigenvalue weighted by Gasteiger charge is -2.14. The van der Waals surface area contributed by atoms with E-state index in [-0.39, 0.29) is 13.0 Å². The molecule has 0 bridgehead atoms. The standard InChI is InChI=1S/C19H16BrCl2N3O3/c1-2-27-17-7-13(10-24-25-19(26)5-6-23)15(20)9-18(17)28-11-12-3-4-14(21)8-16(12)22/h3-4,7-10H,2,5,11H2,1H3,(H,25,26)/b24-10-. The number of amides is 1. The second kappa shape index (κ2) is 10.9. The van der Waals surface area contributed by atoms with E-state index in [1.54, 1.807) is 36.4 Å². The van der Waals surface area contributed by atoms with Gasteiger partial charge in [0, 0.05) is 25.6 Å². The first-order chi connectivity index (χ1) is 13.4. The number of halogens is 3. The fourth-order valence-corrected chi connectivity index (χ4v) is 3.00. The Morgan fingerprint density at radius 1 is 1.29 bits per heavy atom. The minimum atomic E-state index is -0.486. The Hall–Kier alpha value is -2.27. The second-order valence-corrected chi connectivity index (χ2v) is 7.10. The topological polar surface area (TPSA) is 83.7 Å². The van der Waals surface area contributed by atoms with Crippen molar-refractivity contribution in [1.29, 1.82) is 5.26 Å². The van der Waals surface area contributed by atoms with Crippen molar-refractivity contribution in [1.82, 2.24) is 5.43 Å². The van der Waals surface area contributed by atoms with E-state index in [0.717, 1.165) is 5.56 Å². The van der Waals surface area contributed by atoms with Crippen molar-refractivity contribution in [3.63, 3.8) is 0 Å². The maximum Gasteiger partial charge on any atom is 0.254 e. The third-order valence-corrected chi connectivity index (χ3v) is 4.67. The zero-order valence-corrected chi connectivity index (χ0v) is 17.9. The molecule has 6 nitrogen and oxygen atoms in total. The molecule has 0 aliphatic heterocycles. The van der Waals surface area contributed by atoms with Gasteiger partial charge in [-0.05, 0) is 47.1 Å². The first-order valence-corrected chi connectivity index (χ1v) is 9.71. The van der Waals surface area contributed by atoms with Crippen LogP contribution in [0, 0.1) is 11.3 Å². The number of nitrogens with zero attached hydrogens (tertiary/aromatic N) is 2. The Morgan fingerprint density at radius 3 is 2.71 bits per heavy atom. The van der Waals surface area contributed by atoms with Crippen LogP contribution in [0.15, 0.2) is 39.9 Å². The third-order valence-electron chi connectivity index (χ3n) is 3.39. The van der Waals surface area contributed by atoms with E-state index in [0.29, 0.717) is 38.2 Å². The number of nitrogens with one attached hydrogen (secondary N) is 1. The summed E-state index contributed by atoms with van der Waals surface area (Å²) in [5.74, 6) is 0.547. The Labute approximate surface area is 181 Å². The summed E-state index contributed by atoms with van der Waals surface area (Å²) in [5, 5.41) is 13.4. The normalized spacial score (nSPS) is 10.5. The number of nitriles is 1. The minimum absolute atomic E-state index is 0.236. The lowest BCUT2D eigenvalue weighted by atomic mass is 10.2. The van der Waals surface area contributed by atoms with Crippen LogP contribution in [0.2, 0.25) is 10.0 Å². The molecule has 2 rings (SSSR count). The molecule has 0 radical (unpaired) electrons. The number of benzene rings is 2. The van der Waals surface area contributed by atoms with Crippen LogP contribution in [0.25, 0.3) is 0 Å². The van der Waals surface area contributed by atoms with Crippen LogP contribution in [0.1, 0.15) is 24.5 Å². The van der Waals surface area contributed by atoms with Gasteiger partial charge in [-0.2, -0.15) is 10.4 Å². The molecule has 0 spiro atoms. The van der Waals surface area contributed by atoms with Gasteiger partial charge in [0.25, 0.3) is 5.91 Å². The molecule has 1 N–H and O–H groups in total. The summed E-state index contributed by atoms with van der Waals surface area (Å²) < 4.78 is 12.2. The third kappa shape index (κ3) is 6.41. The van der Waals surface area contributed by atoms with Gasteiger partial charge in [-0.25, -0.2) is 5.43 Å². The van der Waals surface area contributed by atoms with Crippen LogP contribution in [0.3, 0.4) is 0 Å². The predicted octanol–water partition coefficient (Wildman–Crippen LogP) is 5.10. The highest BCUT2D eigenvalue weighted by Crippen LogP contribution is 2.34. The van der Waals surface area contributed by atoms with Crippen LogP contribution in [0.4, 0.5) is 0 Å². The zero-order valence-electron chi connectivity index (χ0n) is 14.8. The van der Waals surface area contributed by atoms with E-state index < -0.39 is 5.91 Å². The van der Waals surface area contributed by atoms with E-state index in [1.807, 2.05) is 6.92 Å². The summed E-state index contributed by atoms with van der Waals surface area (Å²) in [5.41, 5.74) is 3.72. The molecular formula is C19H16BrCl2N3O3. The first kappa shape index (κ1) is 22.0. The molecule has 0 aromatic heterocycles. The van der Waals surface area contributed by atoms with Crippen LogP contribution in [-0.2, 0) is 11.4 Å². The number of carbonyl (C=O) groups is 1. The molecule has 0 fully saturated rings. The van der Waals surface area contributed by atoms with Crippen molar-refractivity contribution in [2.75, 3.05) is 6.61 Å². The lowest BCUT2D eigenvalue weighted by molar-refractivity contribution is -0.120. The average molecular weight is 485 g/mol. The van der Waals surface area contributed by atoms with E-state index >= 15 is 0 Å². The molecule has 0 aliphatic rings. The summed E-state index contributed by atoms with van der Waals surface area (Å²) in [4.78, 5) is 11.3. The van der Waals surface area contributed by atoms with Crippen molar-refractivity contribution in [2.45, 2.75) is 20.0 Å². The summed E-state index contributed by atoms with van der Waals surface area (Å²) in [7, 11) is 0.